The van der Waals surface area contributed by atoms with E-state index >= 15 is 0 Å². The zero-order valence-corrected chi connectivity index (χ0v) is 10.8. The van der Waals surface area contributed by atoms with Crippen LogP contribution in [0.25, 0.3) is 0 Å². The van der Waals surface area contributed by atoms with Gasteiger partial charge < -0.3 is 5.32 Å². The molecule has 2 rings (SSSR count). The van der Waals surface area contributed by atoms with Crippen LogP contribution in [0.4, 0.5) is 11.6 Å². The van der Waals surface area contributed by atoms with Gasteiger partial charge in [-0.1, -0.05) is 11.6 Å². The summed E-state index contributed by atoms with van der Waals surface area (Å²) in [5, 5.41) is 3.84. The zero-order chi connectivity index (χ0) is 12.4. The van der Waals surface area contributed by atoms with Crippen molar-refractivity contribution in [2.75, 3.05) is 5.32 Å². The zero-order valence-electron chi connectivity index (χ0n) is 10.1. The van der Waals surface area contributed by atoms with Crippen molar-refractivity contribution in [3.63, 3.8) is 0 Å². The summed E-state index contributed by atoms with van der Waals surface area (Å²) < 4.78 is 0. The van der Waals surface area contributed by atoms with Crippen molar-refractivity contribution in [2.24, 2.45) is 0 Å². The normalized spacial score (nSPS) is 10.3. The van der Waals surface area contributed by atoms with Gasteiger partial charge in [-0.15, -0.1) is 0 Å². The summed E-state index contributed by atoms with van der Waals surface area (Å²) in [4.78, 5) is 8.61. The second-order valence-electron chi connectivity index (χ2n) is 4.11. The Bertz CT molecular complexity index is 537. The molecule has 3 nitrogen and oxygen atoms in total. The fourth-order valence-corrected chi connectivity index (χ4v) is 1.75. The van der Waals surface area contributed by atoms with Crippen LogP contribution in [0.5, 0.6) is 0 Å². The van der Waals surface area contributed by atoms with E-state index in [1.54, 1.807) is 6.20 Å². The Kier molecular flexibility index (Phi) is 3.34. The van der Waals surface area contributed by atoms with Crippen LogP contribution in [0.15, 0.2) is 24.4 Å². The molecule has 2 heterocycles. The van der Waals surface area contributed by atoms with Gasteiger partial charge in [0.05, 0.1) is 5.02 Å². The highest BCUT2D eigenvalue weighted by Gasteiger charge is 2.01. The van der Waals surface area contributed by atoms with E-state index in [4.69, 9.17) is 11.6 Å². The standard InChI is InChI=1S/C12H13BClN3/c1-7-3-10(13)16-12(4-7)17-11-5-8(2)9(14)6-15-11/h3-6H,13H2,1-2H3,(H,15,16,17). The molecule has 1 N–H and O–H groups in total. The van der Waals surface area contributed by atoms with E-state index in [2.05, 4.69) is 15.3 Å². The van der Waals surface area contributed by atoms with Crippen molar-refractivity contribution in [1.29, 1.82) is 0 Å². The summed E-state index contributed by atoms with van der Waals surface area (Å²) in [6.45, 7) is 3.99. The molecule has 2 aromatic rings. The molecule has 17 heavy (non-hydrogen) atoms. The molecule has 0 saturated heterocycles. The minimum Gasteiger partial charge on any atom is -0.325 e. The van der Waals surface area contributed by atoms with Crippen LogP contribution in [0.2, 0.25) is 5.02 Å². The first-order valence-electron chi connectivity index (χ1n) is 5.39. The summed E-state index contributed by atoms with van der Waals surface area (Å²) in [6.07, 6.45) is 1.64. The van der Waals surface area contributed by atoms with E-state index in [1.807, 2.05) is 39.9 Å². The van der Waals surface area contributed by atoms with E-state index in [-0.39, 0.29) is 0 Å². The molecule has 0 spiro atoms. The molecule has 0 fully saturated rings. The molecule has 0 aliphatic rings. The number of nitrogens with one attached hydrogen (secondary N) is 1. The van der Waals surface area contributed by atoms with Crippen molar-refractivity contribution in [2.45, 2.75) is 13.8 Å². The lowest BCUT2D eigenvalue weighted by Gasteiger charge is -2.08. The maximum absolute atomic E-state index is 5.93. The van der Waals surface area contributed by atoms with Crippen LogP contribution in [-0.2, 0) is 0 Å². The topological polar surface area (TPSA) is 37.8 Å². The summed E-state index contributed by atoms with van der Waals surface area (Å²) >= 11 is 5.93. The summed E-state index contributed by atoms with van der Waals surface area (Å²) in [5.41, 5.74) is 3.15. The summed E-state index contributed by atoms with van der Waals surface area (Å²) in [5.74, 6) is 1.56. The highest BCUT2D eigenvalue weighted by atomic mass is 35.5. The van der Waals surface area contributed by atoms with E-state index in [0.717, 1.165) is 22.8 Å². The van der Waals surface area contributed by atoms with Gasteiger partial charge in [0.15, 0.2) is 7.85 Å². The smallest absolute Gasteiger partial charge is 0.164 e. The minimum atomic E-state index is 0.670. The lowest BCUT2D eigenvalue weighted by atomic mass is 10.0. The Balaban J connectivity index is 2.28. The average Bonchev–Trinajstić information content (AvgIpc) is 2.22. The number of halogens is 1. The highest BCUT2D eigenvalue weighted by molar-refractivity contribution is 6.31. The number of pyridine rings is 2. The van der Waals surface area contributed by atoms with Crippen LogP contribution in [-0.4, -0.2) is 17.8 Å². The predicted molar refractivity (Wildman–Crippen MR) is 74.4 cm³/mol. The Morgan fingerprint density at radius 3 is 2.59 bits per heavy atom. The van der Waals surface area contributed by atoms with Gasteiger partial charge in [0.2, 0.25) is 0 Å². The van der Waals surface area contributed by atoms with E-state index in [0.29, 0.717) is 5.02 Å². The van der Waals surface area contributed by atoms with Crippen LogP contribution in [0.1, 0.15) is 11.1 Å². The molecule has 0 aliphatic carbocycles. The summed E-state index contributed by atoms with van der Waals surface area (Å²) in [7, 11) is 1.97. The lowest BCUT2D eigenvalue weighted by molar-refractivity contribution is 1.24. The molecule has 0 bridgehead atoms. The van der Waals surface area contributed by atoms with Gasteiger partial charge in [-0.05, 0) is 48.8 Å². The molecule has 0 saturated carbocycles. The van der Waals surface area contributed by atoms with Gasteiger partial charge in [0, 0.05) is 6.20 Å². The molecule has 0 radical (unpaired) electrons. The maximum Gasteiger partial charge on any atom is 0.164 e. The molecule has 5 heteroatoms. The Hall–Kier alpha value is -1.55. The molecular formula is C12H13BClN3. The first kappa shape index (κ1) is 11.9. The van der Waals surface area contributed by atoms with E-state index < -0.39 is 0 Å². The van der Waals surface area contributed by atoms with Crippen LogP contribution < -0.4 is 10.9 Å². The quantitative estimate of drug-likeness (QED) is 0.819. The van der Waals surface area contributed by atoms with Gasteiger partial charge >= 0.3 is 0 Å². The van der Waals surface area contributed by atoms with Crippen molar-refractivity contribution in [1.82, 2.24) is 9.97 Å². The molecule has 0 aromatic carbocycles. The fourth-order valence-electron chi connectivity index (χ4n) is 1.64. The van der Waals surface area contributed by atoms with Gasteiger partial charge in [-0.25, -0.2) is 9.97 Å². The van der Waals surface area contributed by atoms with Gasteiger partial charge in [0.25, 0.3) is 0 Å². The molecule has 0 aliphatic heterocycles. The molecule has 0 unspecified atom stereocenters. The SMILES string of the molecule is Bc1cc(C)cc(Nc2cc(C)c(Cl)cn2)n1. The van der Waals surface area contributed by atoms with Crippen molar-refractivity contribution >= 4 is 36.7 Å². The monoisotopic (exact) mass is 245 g/mol. The molecule has 86 valence electrons. The summed E-state index contributed by atoms with van der Waals surface area (Å²) in [6, 6.07) is 5.92. The first-order valence-corrected chi connectivity index (χ1v) is 5.77. The molecule has 2 aromatic heterocycles. The van der Waals surface area contributed by atoms with Crippen LogP contribution in [0.3, 0.4) is 0 Å². The number of aromatic nitrogens is 2. The Labute approximate surface area is 107 Å². The lowest BCUT2D eigenvalue weighted by Crippen LogP contribution is -2.11. The van der Waals surface area contributed by atoms with Gasteiger partial charge in [-0.2, -0.15) is 0 Å². The predicted octanol–water partition coefficient (Wildman–Crippen LogP) is 1.75. The Morgan fingerprint density at radius 2 is 1.94 bits per heavy atom. The second kappa shape index (κ2) is 4.76. The van der Waals surface area contributed by atoms with Crippen LogP contribution in [0, 0.1) is 13.8 Å². The van der Waals surface area contributed by atoms with E-state index in [1.165, 1.54) is 5.56 Å². The fraction of sp³-hybridized carbons (Fsp3) is 0.167. The second-order valence-corrected chi connectivity index (χ2v) is 4.52. The van der Waals surface area contributed by atoms with Crippen molar-refractivity contribution < 1.29 is 0 Å². The number of rotatable bonds is 2. The van der Waals surface area contributed by atoms with Gasteiger partial charge in [0.1, 0.15) is 11.6 Å². The number of aryl methyl sites for hydroxylation is 2. The molecule has 0 amide bonds. The van der Waals surface area contributed by atoms with Crippen molar-refractivity contribution in [3.05, 3.63) is 40.5 Å². The largest absolute Gasteiger partial charge is 0.325 e. The maximum atomic E-state index is 5.93. The Morgan fingerprint density at radius 1 is 1.18 bits per heavy atom. The average molecular weight is 246 g/mol. The molecule has 0 atom stereocenters. The van der Waals surface area contributed by atoms with Gasteiger partial charge in [-0.3, -0.25) is 0 Å². The number of hydrogen-bond acceptors (Lipinski definition) is 3. The molecular weight excluding hydrogens is 232 g/mol. The number of nitrogens with zero attached hydrogens (tertiary/aromatic N) is 2. The van der Waals surface area contributed by atoms with Crippen LogP contribution >= 0.6 is 11.6 Å². The number of hydrogen-bond donors (Lipinski definition) is 1. The third-order valence-electron chi connectivity index (χ3n) is 2.40. The van der Waals surface area contributed by atoms with Crippen molar-refractivity contribution in [3.8, 4) is 0 Å². The highest BCUT2D eigenvalue weighted by Crippen LogP contribution is 2.18. The first-order chi connectivity index (χ1) is 8.04. The third kappa shape index (κ3) is 2.97. The van der Waals surface area contributed by atoms with E-state index in [9.17, 15) is 0 Å². The third-order valence-corrected chi connectivity index (χ3v) is 2.80. The minimum absolute atomic E-state index is 0.670. The number of anilines is 2.